The third-order valence-corrected chi connectivity index (χ3v) is 6.69. The van der Waals surface area contributed by atoms with Gasteiger partial charge in [0, 0.05) is 32.2 Å². The standard InChI is InChI=1S/C25H29N5O5/c1-2-3-13-25(19-9-5-4-6-10-19)23(32)29(24(33)26-25)18-22(31)28-16-14-27(15-17-28)20-11-7-8-12-21(20)30(34)35/h4-12H,2-3,13-18H2,1H3,(H,26,33). The largest absolute Gasteiger partial charge is 0.362 e. The van der Waals surface area contributed by atoms with Crippen molar-refractivity contribution in [3.63, 3.8) is 0 Å². The summed E-state index contributed by atoms with van der Waals surface area (Å²) >= 11 is 0. The minimum absolute atomic E-state index is 0.0240. The van der Waals surface area contributed by atoms with E-state index in [0.717, 1.165) is 17.7 Å². The Morgan fingerprint density at radius 1 is 1.03 bits per heavy atom. The van der Waals surface area contributed by atoms with Crippen LogP contribution >= 0.6 is 0 Å². The number of benzene rings is 2. The zero-order valence-corrected chi connectivity index (χ0v) is 19.7. The Bertz CT molecular complexity index is 1120. The van der Waals surface area contributed by atoms with Gasteiger partial charge in [-0.3, -0.25) is 24.6 Å². The molecule has 2 aromatic rings. The quantitative estimate of drug-likeness (QED) is 0.354. The van der Waals surface area contributed by atoms with Gasteiger partial charge in [0.15, 0.2) is 0 Å². The first-order valence-electron chi connectivity index (χ1n) is 11.8. The van der Waals surface area contributed by atoms with Crippen LogP contribution in [0.4, 0.5) is 16.2 Å². The van der Waals surface area contributed by atoms with Crippen molar-refractivity contribution in [3.05, 3.63) is 70.3 Å². The zero-order valence-electron chi connectivity index (χ0n) is 19.7. The van der Waals surface area contributed by atoms with Crippen molar-refractivity contribution in [2.75, 3.05) is 37.6 Å². The summed E-state index contributed by atoms with van der Waals surface area (Å²) in [5, 5.41) is 14.2. The molecule has 2 aliphatic rings. The summed E-state index contributed by atoms with van der Waals surface area (Å²) in [6, 6.07) is 15.1. The highest BCUT2D eigenvalue weighted by Crippen LogP contribution is 2.34. The summed E-state index contributed by atoms with van der Waals surface area (Å²) in [6.45, 7) is 3.20. The molecule has 2 heterocycles. The summed E-state index contributed by atoms with van der Waals surface area (Å²) in [7, 11) is 0. The number of rotatable bonds is 8. The van der Waals surface area contributed by atoms with Crippen LogP contribution in [0.15, 0.2) is 54.6 Å². The first kappa shape index (κ1) is 24.2. The maximum absolute atomic E-state index is 13.5. The van der Waals surface area contributed by atoms with Crippen LogP contribution in [0.3, 0.4) is 0 Å². The van der Waals surface area contributed by atoms with Gasteiger partial charge in [-0.25, -0.2) is 4.79 Å². The zero-order chi connectivity index (χ0) is 25.0. The van der Waals surface area contributed by atoms with Crippen LogP contribution in [0.25, 0.3) is 0 Å². The normalized spacial score (nSPS) is 20.2. The first-order valence-corrected chi connectivity index (χ1v) is 11.8. The van der Waals surface area contributed by atoms with Gasteiger partial charge in [-0.2, -0.15) is 0 Å². The van der Waals surface area contributed by atoms with Crippen molar-refractivity contribution in [2.45, 2.75) is 31.7 Å². The Morgan fingerprint density at radius 3 is 2.34 bits per heavy atom. The molecular formula is C25H29N5O5. The molecule has 0 aliphatic carbocycles. The molecule has 10 heteroatoms. The molecule has 184 valence electrons. The van der Waals surface area contributed by atoms with Crippen molar-refractivity contribution in [1.82, 2.24) is 15.1 Å². The van der Waals surface area contributed by atoms with E-state index < -0.39 is 22.4 Å². The third-order valence-electron chi connectivity index (χ3n) is 6.69. The highest BCUT2D eigenvalue weighted by molar-refractivity contribution is 6.09. The average molecular weight is 480 g/mol. The fourth-order valence-electron chi connectivity index (χ4n) is 4.76. The van der Waals surface area contributed by atoms with E-state index in [1.54, 1.807) is 23.1 Å². The van der Waals surface area contributed by atoms with Gasteiger partial charge in [0.2, 0.25) is 5.91 Å². The second-order valence-corrected chi connectivity index (χ2v) is 8.81. The number of piperazine rings is 1. The number of imide groups is 1. The predicted octanol–water partition coefficient (Wildman–Crippen LogP) is 2.88. The molecule has 35 heavy (non-hydrogen) atoms. The lowest BCUT2D eigenvalue weighted by Gasteiger charge is -2.36. The van der Waals surface area contributed by atoms with Gasteiger partial charge in [-0.15, -0.1) is 0 Å². The van der Waals surface area contributed by atoms with Gasteiger partial charge < -0.3 is 15.1 Å². The number of anilines is 1. The predicted molar refractivity (Wildman–Crippen MR) is 130 cm³/mol. The molecule has 0 aromatic heterocycles. The summed E-state index contributed by atoms with van der Waals surface area (Å²) < 4.78 is 0. The Morgan fingerprint density at radius 2 is 1.69 bits per heavy atom. The number of hydrogen-bond donors (Lipinski definition) is 1. The number of nitro groups is 1. The number of urea groups is 1. The number of nitro benzene ring substituents is 1. The van der Waals surface area contributed by atoms with Gasteiger partial charge in [0.25, 0.3) is 11.6 Å². The molecule has 2 aliphatic heterocycles. The lowest BCUT2D eigenvalue weighted by molar-refractivity contribution is -0.384. The van der Waals surface area contributed by atoms with E-state index in [4.69, 9.17) is 0 Å². The van der Waals surface area contributed by atoms with Gasteiger partial charge in [-0.1, -0.05) is 62.2 Å². The maximum atomic E-state index is 13.5. The van der Waals surface area contributed by atoms with Gasteiger partial charge in [0.05, 0.1) is 4.92 Å². The molecule has 1 N–H and O–H groups in total. The molecule has 4 amide bonds. The van der Waals surface area contributed by atoms with Crippen LogP contribution in [0.2, 0.25) is 0 Å². The van der Waals surface area contributed by atoms with Crippen LogP contribution in [-0.2, 0) is 15.1 Å². The van der Waals surface area contributed by atoms with Gasteiger partial charge in [0.1, 0.15) is 17.8 Å². The molecule has 0 radical (unpaired) electrons. The number of unbranched alkanes of at least 4 members (excludes halogenated alkanes) is 1. The number of nitrogens with zero attached hydrogens (tertiary/aromatic N) is 4. The molecule has 0 saturated carbocycles. The third kappa shape index (κ3) is 4.68. The number of amides is 4. The monoisotopic (exact) mass is 479 g/mol. The molecular weight excluding hydrogens is 450 g/mol. The van der Waals surface area contributed by atoms with Crippen LogP contribution in [-0.4, -0.2) is 65.3 Å². The topological polar surface area (TPSA) is 116 Å². The minimum Gasteiger partial charge on any atom is -0.362 e. The Kier molecular flexibility index (Phi) is 6.99. The Labute approximate surface area is 203 Å². The lowest BCUT2D eigenvalue weighted by Crippen LogP contribution is -2.52. The van der Waals surface area contributed by atoms with Crippen LogP contribution in [0.5, 0.6) is 0 Å². The van der Waals surface area contributed by atoms with Crippen molar-refractivity contribution in [2.24, 2.45) is 0 Å². The Balaban J connectivity index is 1.44. The molecule has 2 fully saturated rings. The second kappa shape index (κ2) is 10.1. The van der Waals surface area contributed by atoms with Gasteiger partial charge >= 0.3 is 6.03 Å². The molecule has 10 nitrogen and oxygen atoms in total. The summed E-state index contributed by atoms with van der Waals surface area (Å²) in [5.41, 5.74) is 0.0811. The first-order chi connectivity index (χ1) is 16.9. The van der Waals surface area contributed by atoms with Crippen LogP contribution < -0.4 is 10.2 Å². The van der Waals surface area contributed by atoms with E-state index in [-0.39, 0.29) is 18.1 Å². The average Bonchev–Trinajstić information content (AvgIpc) is 3.13. The molecule has 4 rings (SSSR count). The molecule has 2 aromatic carbocycles. The lowest BCUT2D eigenvalue weighted by atomic mass is 9.85. The van der Waals surface area contributed by atoms with Gasteiger partial charge in [-0.05, 0) is 18.1 Å². The van der Waals surface area contributed by atoms with Crippen molar-refractivity contribution < 1.29 is 19.3 Å². The molecule has 1 atom stereocenters. The highest BCUT2D eigenvalue weighted by Gasteiger charge is 2.52. The molecule has 0 bridgehead atoms. The number of nitrogens with one attached hydrogen (secondary N) is 1. The fraction of sp³-hybridized carbons (Fsp3) is 0.400. The maximum Gasteiger partial charge on any atom is 0.325 e. The van der Waals surface area contributed by atoms with E-state index in [1.165, 1.54) is 6.07 Å². The van der Waals surface area contributed by atoms with E-state index in [1.807, 2.05) is 42.2 Å². The van der Waals surface area contributed by atoms with Crippen molar-refractivity contribution in [1.29, 1.82) is 0 Å². The van der Waals surface area contributed by atoms with E-state index >= 15 is 0 Å². The molecule has 0 spiro atoms. The number of para-hydroxylation sites is 2. The molecule has 1 unspecified atom stereocenters. The summed E-state index contributed by atoms with van der Waals surface area (Å²) in [5.74, 6) is -0.732. The SMILES string of the molecule is CCCCC1(c2ccccc2)NC(=O)N(CC(=O)N2CCN(c3ccccc3[N+](=O)[O-])CC2)C1=O. The van der Waals surface area contributed by atoms with E-state index in [2.05, 4.69) is 5.32 Å². The number of carbonyl (C=O) groups is 3. The van der Waals surface area contributed by atoms with E-state index in [0.29, 0.717) is 43.9 Å². The van der Waals surface area contributed by atoms with Crippen molar-refractivity contribution in [3.8, 4) is 0 Å². The second-order valence-electron chi connectivity index (χ2n) is 8.81. The minimum atomic E-state index is -1.17. The van der Waals surface area contributed by atoms with Crippen LogP contribution in [0.1, 0.15) is 31.7 Å². The summed E-state index contributed by atoms with van der Waals surface area (Å²) in [4.78, 5) is 54.8. The fourth-order valence-corrected chi connectivity index (χ4v) is 4.76. The number of hydrogen-bond acceptors (Lipinski definition) is 6. The van der Waals surface area contributed by atoms with Crippen molar-refractivity contribution >= 4 is 29.2 Å². The van der Waals surface area contributed by atoms with E-state index in [9.17, 15) is 24.5 Å². The summed E-state index contributed by atoms with van der Waals surface area (Å²) in [6.07, 6.45) is 2.06. The molecule has 2 saturated heterocycles. The highest BCUT2D eigenvalue weighted by atomic mass is 16.6. The van der Waals surface area contributed by atoms with Crippen LogP contribution in [0, 0.1) is 10.1 Å². The smallest absolute Gasteiger partial charge is 0.325 e. The Hall–Kier alpha value is -3.95. The number of carbonyl (C=O) groups excluding carboxylic acids is 3.